The van der Waals surface area contributed by atoms with Crippen molar-refractivity contribution < 1.29 is 19.1 Å². The number of hydrogen-bond acceptors (Lipinski definition) is 5. The van der Waals surface area contributed by atoms with E-state index in [0.717, 1.165) is 0 Å². The van der Waals surface area contributed by atoms with Crippen LogP contribution in [0, 0.1) is 5.92 Å². The van der Waals surface area contributed by atoms with Crippen molar-refractivity contribution >= 4 is 17.6 Å². The van der Waals surface area contributed by atoms with Crippen molar-refractivity contribution in [2.75, 3.05) is 5.32 Å². The van der Waals surface area contributed by atoms with E-state index in [4.69, 9.17) is 9.52 Å². The molecule has 0 fully saturated rings. The quantitative estimate of drug-likeness (QED) is 0.806. The number of hydrogen-bond donors (Lipinski definition) is 2. The Morgan fingerprint density at radius 2 is 2.00 bits per heavy atom. The zero-order valence-electron chi connectivity index (χ0n) is 10.0. The molecular weight excluding hydrogens is 250 g/mol. The number of aliphatic carboxylic acids is 1. The summed E-state index contributed by atoms with van der Waals surface area (Å²) in [6.45, 7) is 1.32. The summed E-state index contributed by atoms with van der Waals surface area (Å²) in [6, 6.07) is 6.64. The van der Waals surface area contributed by atoms with Gasteiger partial charge in [-0.2, -0.15) is 0 Å². The maximum atomic E-state index is 11.5. The lowest BCUT2D eigenvalue weighted by Gasteiger charge is -2.08. The molecule has 1 amide bonds. The topological polar surface area (TPSA) is 105 Å². The van der Waals surface area contributed by atoms with Crippen molar-refractivity contribution in [3.05, 3.63) is 30.7 Å². The van der Waals surface area contributed by atoms with Crippen LogP contribution in [-0.2, 0) is 9.59 Å². The third kappa shape index (κ3) is 2.95. The monoisotopic (exact) mass is 261 g/mol. The van der Waals surface area contributed by atoms with Gasteiger partial charge in [-0.25, -0.2) is 0 Å². The highest BCUT2D eigenvalue weighted by Gasteiger charge is 2.20. The predicted octanol–water partition coefficient (Wildman–Crippen LogP) is 1.40. The second kappa shape index (κ2) is 5.30. The standard InChI is InChI=1S/C12H11N3O4/c1-7(12(17)18)10(16)14-9-4-2-8(3-5-9)11-15-13-6-19-11/h2-7H,1H3,(H,14,16)(H,17,18). The van der Waals surface area contributed by atoms with Crippen LogP contribution in [0.25, 0.3) is 11.5 Å². The van der Waals surface area contributed by atoms with Crippen LogP contribution in [0.15, 0.2) is 35.1 Å². The van der Waals surface area contributed by atoms with E-state index in [9.17, 15) is 9.59 Å². The van der Waals surface area contributed by atoms with E-state index >= 15 is 0 Å². The van der Waals surface area contributed by atoms with Gasteiger partial charge in [0.15, 0.2) is 0 Å². The molecule has 0 aliphatic heterocycles. The molecule has 1 unspecified atom stereocenters. The molecule has 0 aliphatic carbocycles. The van der Waals surface area contributed by atoms with Crippen molar-refractivity contribution in [3.63, 3.8) is 0 Å². The molecule has 0 saturated heterocycles. The summed E-state index contributed by atoms with van der Waals surface area (Å²) in [4.78, 5) is 22.2. The molecule has 19 heavy (non-hydrogen) atoms. The Kier molecular flexibility index (Phi) is 3.56. The Morgan fingerprint density at radius 3 is 2.53 bits per heavy atom. The number of carboxylic acids is 1. The van der Waals surface area contributed by atoms with Crippen LogP contribution in [0.1, 0.15) is 6.92 Å². The summed E-state index contributed by atoms with van der Waals surface area (Å²) in [6.07, 6.45) is 1.22. The second-order valence-corrected chi connectivity index (χ2v) is 3.87. The normalized spacial score (nSPS) is 11.8. The number of anilines is 1. The number of carbonyl (C=O) groups is 2. The highest BCUT2D eigenvalue weighted by Crippen LogP contribution is 2.19. The lowest BCUT2D eigenvalue weighted by atomic mass is 10.1. The van der Waals surface area contributed by atoms with Crippen LogP contribution in [-0.4, -0.2) is 27.2 Å². The number of nitrogens with zero attached hydrogens (tertiary/aromatic N) is 2. The van der Waals surface area contributed by atoms with Gasteiger partial charge in [0.2, 0.25) is 18.2 Å². The van der Waals surface area contributed by atoms with Gasteiger partial charge >= 0.3 is 5.97 Å². The van der Waals surface area contributed by atoms with Gasteiger partial charge in [-0.05, 0) is 31.2 Å². The Labute approximate surface area is 108 Å². The van der Waals surface area contributed by atoms with Crippen LogP contribution in [0.4, 0.5) is 5.69 Å². The highest BCUT2D eigenvalue weighted by molar-refractivity contribution is 6.03. The Bertz CT molecular complexity index is 578. The van der Waals surface area contributed by atoms with E-state index in [0.29, 0.717) is 17.1 Å². The summed E-state index contributed by atoms with van der Waals surface area (Å²) in [7, 11) is 0. The molecule has 2 N–H and O–H groups in total. The first-order chi connectivity index (χ1) is 9.08. The molecule has 0 radical (unpaired) electrons. The number of aromatic nitrogens is 2. The third-order valence-corrected chi connectivity index (χ3v) is 2.52. The first-order valence-electron chi connectivity index (χ1n) is 5.48. The zero-order chi connectivity index (χ0) is 13.8. The number of rotatable bonds is 4. The molecule has 0 aliphatic rings. The maximum absolute atomic E-state index is 11.5. The van der Waals surface area contributed by atoms with Gasteiger partial charge in [-0.3, -0.25) is 9.59 Å². The molecule has 7 nitrogen and oxygen atoms in total. The van der Waals surface area contributed by atoms with Gasteiger partial charge in [-0.15, -0.1) is 10.2 Å². The number of carboxylic acid groups (broad SMARTS) is 1. The second-order valence-electron chi connectivity index (χ2n) is 3.87. The third-order valence-electron chi connectivity index (χ3n) is 2.52. The molecule has 0 saturated carbocycles. The number of benzene rings is 1. The Hall–Kier alpha value is -2.70. The minimum atomic E-state index is -1.17. The van der Waals surface area contributed by atoms with Crippen molar-refractivity contribution in [3.8, 4) is 11.5 Å². The van der Waals surface area contributed by atoms with Crippen molar-refractivity contribution in [2.24, 2.45) is 5.92 Å². The lowest BCUT2D eigenvalue weighted by molar-refractivity contribution is -0.144. The highest BCUT2D eigenvalue weighted by atomic mass is 16.4. The van der Waals surface area contributed by atoms with E-state index in [1.807, 2.05) is 0 Å². The van der Waals surface area contributed by atoms with Gasteiger partial charge < -0.3 is 14.8 Å². The minimum Gasteiger partial charge on any atom is -0.481 e. The first kappa shape index (κ1) is 12.7. The molecule has 1 heterocycles. The van der Waals surface area contributed by atoms with Gasteiger partial charge in [-0.1, -0.05) is 0 Å². The maximum Gasteiger partial charge on any atom is 0.315 e. The lowest BCUT2D eigenvalue weighted by Crippen LogP contribution is -2.26. The summed E-state index contributed by atoms with van der Waals surface area (Å²) >= 11 is 0. The van der Waals surface area contributed by atoms with E-state index in [1.54, 1.807) is 24.3 Å². The number of amides is 1. The first-order valence-corrected chi connectivity index (χ1v) is 5.48. The van der Waals surface area contributed by atoms with E-state index in [2.05, 4.69) is 15.5 Å². The SMILES string of the molecule is CC(C(=O)O)C(=O)Nc1ccc(-c2nnco2)cc1. The smallest absolute Gasteiger partial charge is 0.315 e. The number of nitrogens with one attached hydrogen (secondary N) is 1. The molecule has 1 aromatic carbocycles. The van der Waals surface area contributed by atoms with Crippen LogP contribution in [0.2, 0.25) is 0 Å². The zero-order valence-corrected chi connectivity index (χ0v) is 10.0. The van der Waals surface area contributed by atoms with Crippen molar-refractivity contribution in [2.45, 2.75) is 6.92 Å². The average Bonchev–Trinajstić information content (AvgIpc) is 2.92. The molecule has 98 valence electrons. The summed E-state index contributed by atoms with van der Waals surface area (Å²) in [5.74, 6) is -2.47. The average molecular weight is 261 g/mol. The van der Waals surface area contributed by atoms with Gasteiger partial charge in [0, 0.05) is 11.3 Å². The summed E-state index contributed by atoms with van der Waals surface area (Å²) in [5, 5.41) is 18.5. The van der Waals surface area contributed by atoms with Crippen LogP contribution >= 0.6 is 0 Å². The molecule has 1 aromatic heterocycles. The van der Waals surface area contributed by atoms with E-state index in [1.165, 1.54) is 13.3 Å². The van der Waals surface area contributed by atoms with Crippen LogP contribution in [0.5, 0.6) is 0 Å². The van der Waals surface area contributed by atoms with E-state index < -0.39 is 17.8 Å². The van der Waals surface area contributed by atoms with Crippen LogP contribution < -0.4 is 5.32 Å². The fourth-order valence-electron chi connectivity index (χ4n) is 1.36. The molecule has 2 aromatic rings. The van der Waals surface area contributed by atoms with Crippen LogP contribution in [0.3, 0.4) is 0 Å². The number of carbonyl (C=O) groups excluding carboxylic acids is 1. The van der Waals surface area contributed by atoms with E-state index in [-0.39, 0.29) is 0 Å². The molecule has 2 rings (SSSR count). The fraction of sp³-hybridized carbons (Fsp3) is 0.167. The summed E-state index contributed by atoms with van der Waals surface area (Å²) in [5.41, 5.74) is 1.21. The Morgan fingerprint density at radius 1 is 1.32 bits per heavy atom. The fourth-order valence-corrected chi connectivity index (χ4v) is 1.36. The van der Waals surface area contributed by atoms with Gasteiger partial charge in [0.05, 0.1) is 0 Å². The Balaban J connectivity index is 2.07. The predicted molar refractivity (Wildman–Crippen MR) is 65.2 cm³/mol. The van der Waals surface area contributed by atoms with Gasteiger partial charge in [0.1, 0.15) is 5.92 Å². The molecular formula is C12H11N3O4. The largest absolute Gasteiger partial charge is 0.481 e. The molecule has 0 spiro atoms. The van der Waals surface area contributed by atoms with Crippen molar-refractivity contribution in [1.82, 2.24) is 10.2 Å². The minimum absolute atomic E-state index is 0.372. The van der Waals surface area contributed by atoms with Crippen molar-refractivity contribution in [1.29, 1.82) is 0 Å². The molecule has 0 bridgehead atoms. The summed E-state index contributed by atoms with van der Waals surface area (Å²) < 4.78 is 5.02. The molecule has 1 atom stereocenters. The van der Waals surface area contributed by atoms with Gasteiger partial charge in [0.25, 0.3) is 0 Å². The molecule has 7 heteroatoms.